The van der Waals surface area contributed by atoms with Crippen LogP contribution in [0.1, 0.15) is 46.5 Å². The molecule has 1 saturated carbocycles. The first-order valence-electron chi connectivity index (χ1n) is 7.95. The van der Waals surface area contributed by atoms with E-state index in [2.05, 4.69) is 46.3 Å². The van der Waals surface area contributed by atoms with Gasteiger partial charge in [0.15, 0.2) is 0 Å². The zero-order valence-corrected chi connectivity index (χ0v) is 15.1. The summed E-state index contributed by atoms with van der Waals surface area (Å²) in [4.78, 5) is 19.3. The third-order valence-corrected chi connectivity index (χ3v) is 5.56. The molecule has 0 atom stereocenters. The Hall–Kier alpha value is -1.43. The predicted molar refractivity (Wildman–Crippen MR) is 90.8 cm³/mol. The zero-order valence-electron chi connectivity index (χ0n) is 13.5. The van der Waals surface area contributed by atoms with E-state index in [9.17, 15) is 9.18 Å². The predicted octanol–water partition coefficient (Wildman–Crippen LogP) is 4.56. The fraction of sp³-hybridized carbons (Fsp3) is 0.529. The van der Waals surface area contributed by atoms with Gasteiger partial charge in [0, 0.05) is 6.42 Å². The fourth-order valence-electron chi connectivity index (χ4n) is 3.69. The molecule has 0 N–H and O–H groups in total. The van der Waals surface area contributed by atoms with Gasteiger partial charge in [0.1, 0.15) is 11.5 Å². The summed E-state index contributed by atoms with van der Waals surface area (Å²) < 4.78 is 16.4. The topological polar surface area (TPSA) is 38.1 Å². The molecule has 1 spiro atoms. The van der Waals surface area contributed by atoms with Gasteiger partial charge < -0.3 is 0 Å². The number of anilines is 1. The standard InChI is InChI=1S/C17H19BrFN3O/c1-16(2,3)9-12(23)21-15-20-11-6-5-10(19)13(18)14(11)22(15)17(21)7-4-8-17/h5-6H,4,7-9H2,1-3H3. The molecule has 122 valence electrons. The van der Waals surface area contributed by atoms with Crippen LogP contribution >= 0.6 is 15.9 Å². The summed E-state index contributed by atoms with van der Waals surface area (Å²) in [5.74, 6) is 0.464. The maximum absolute atomic E-state index is 13.9. The smallest absolute Gasteiger partial charge is 0.231 e. The molecule has 1 aliphatic carbocycles. The molecule has 2 aliphatic rings. The van der Waals surface area contributed by atoms with Crippen molar-refractivity contribution < 1.29 is 9.18 Å². The molecule has 23 heavy (non-hydrogen) atoms. The Morgan fingerprint density at radius 1 is 1.39 bits per heavy atom. The van der Waals surface area contributed by atoms with Gasteiger partial charge >= 0.3 is 0 Å². The van der Waals surface area contributed by atoms with E-state index in [1.165, 1.54) is 6.07 Å². The van der Waals surface area contributed by atoms with E-state index in [1.807, 2.05) is 4.90 Å². The number of nitrogens with zero attached hydrogens (tertiary/aromatic N) is 3. The second-order valence-electron chi connectivity index (χ2n) is 7.78. The molecule has 1 aromatic carbocycles. The summed E-state index contributed by atoms with van der Waals surface area (Å²) in [7, 11) is 0. The van der Waals surface area contributed by atoms with Crippen molar-refractivity contribution in [1.82, 2.24) is 9.55 Å². The average Bonchev–Trinajstić information content (AvgIpc) is 2.67. The number of fused-ring (bicyclic) bond motifs is 4. The number of carbonyl (C=O) groups is 1. The Bertz CT molecular complexity index is 832. The highest BCUT2D eigenvalue weighted by Gasteiger charge is 2.58. The van der Waals surface area contributed by atoms with Crippen molar-refractivity contribution in [3.8, 4) is 0 Å². The Morgan fingerprint density at radius 2 is 2.09 bits per heavy atom. The van der Waals surface area contributed by atoms with E-state index in [4.69, 9.17) is 0 Å². The molecule has 2 heterocycles. The van der Waals surface area contributed by atoms with E-state index in [0.29, 0.717) is 16.8 Å². The highest BCUT2D eigenvalue weighted by molar-refractivity contribution is 9.10. The Labute approximate surface area is 142 Å². The van der Waals surface area contributed by atoms with Crippen LogP contribution in [0.25, 0.3) is 11.0 Å². The van der Waals surface area contributed by atoms with E-state index in [1.54, 1.807) is 6.07 Å². The summed E-state index contributed by atoms with van der Waals surface area (Å²) in [6, 6.07) is 3.09. The van der Waals surface area contributed by atoms with Gasteiger partial charge in [0.05, 0.1) is 15.5 Å². The van der Waals surface area contributed by atoms with Crippen LogP contribution < -0.4 is 4.90 Å². The number of amides is 1. The third kappa shape index (κ3) is 1.93. The van der Waals surface area contributed by atoms with Gasteiger partial charge in [-0.15, -0.1) is 0 Å². The Balaban J connectivity index is 1.86. The van der Waals surface area contributed by atoms with E-state index in [0.717, 1.165) is 30.3 Å². The van der Waals surface area contributed by atoms with Crippen LogP contribution in [0.15, 0.2) is 16.6 Å². The largest absolute Gasteiger partial charge is 0.284 e. The van der Waals surface area contributed by atoms with Crippen molar-refractivity contribution in [2.45, 2.75) is 52.1 Å². The molecule has 1 aromatic heterocycles. The van der Waals surface area contributed by atoms with Gasteiger partial charge in [-0.3, -0.25) is 14.3 Å². The molecule has 1 amide bonds. The summed E-state index contributed by atoms with van der Waals surface area (Å²) in [6.45, 7) is 6.19. The summed E-state index contributed by atoms with van der Waals surface area (Å²) in [6.07, 6.45) is 3.37. The lowest BCUT2D eigenvalue weighted by molar-refractivity contribution is -0.125. The van der Waals surface area contributed by atoms with Gasteiger partial charge in [0.25, 0.3) is 0 Å². The molecule has 4 rings (SSSR count). The van der Waals surface area contributed by atoms with Crippen molar-refractivity contribution in [2.24, 2.45) is 5.41 Å². The van der Waals surface area contributed by atoms with Crippen LogP contribution in [0.5, 0.6) is 0 Å². The van der Waals surface area contributed by atoms with Crippen molar-refractivity contribution in [2.75, 3.05) is 4.90 Å². The molecule has 0 radical (unpaired) electrons. The van der Waals surface area contributed by atoms with Crippen LogP contribution in [0.2, 0.25) is 0 Å². The van der Waals surface area contributed by atoms with E-state index >= 15 is 0 Å². The van der Waals surface area contributed by atoms with Crippen LogP contribution in [0, 0.1) is 11.2 Å². The molecule has 0 bridgehead atoms. The van der Waals surface area contributed by atoms with Crippen molar-refractivity contribution in [1.29, 1.82) is 0 Å². The summed E-state index contributed by atoms with van der Waals surface area (Å²) in [5.41, 5.74) is 1.09. The first-order valence-corrected chi connectivity index (χ1v) is 8.74. The minimum atomic E-state index is -0.331. The monoisotopic (exact) mass is 379 g/mol. The van der Waals surface area contributed by atoms with Crippen LogP contribution in [-0.2, 0) is 10.5 Å². The summed E-state index contributed by atoms with van der Waals surface area (Å²) >= 11 is 3.35. The molecular formula is C17H19BrFN3O. The van der Waals surface area contributed by atoms with Crippen LogP contribution in [0.4, 0.5) is 10.3 Å². The maximum Gasteiger partial charge on any atom is 0.231 e. The molecule has 6 heteroatoms. The second kappa shape index (κ2) is 4.56. The molecule has 0 unspecified atom stereocenters. The molecule has 1 fully saturated rings. The number of imidazole rings is 1. The molecule has 0 saturated heterocycles. The average molecular weight is 380 g/mol. The lowest BCUT2D eigenvalue weighted by atomic mass is 9.79. The van der Waals surface area contributed by atoms with Gasteiger partial charge in [-0.05, 0) is 52.7 Å². The molecule has 1 aliphatic heterocycles. The van der Waals surface area contributed by atoms with E-state index < -0.39 is 0 Å². The lowest BCUT2D eigenvalue weighted by Gasteiger charge is -2.58. The Kier molecular flexibility index (Phi) is 3.00. The number of rotatable bonds is 1. The third-order valence-electron chi connectivity index (χ3n) is 4.81. The number of benzene rings is 1. The fourth-order valence-corrected chi connectivity index (χ4v) is 4.21. The van der Waals surface area contributed by atoms with Gasteiger partial charge in [-0.25, -0.2) is 9.37 Å². The first-order chi connectivity index (χ1) is 10.7. The van der Waals surface area contributed by atoms with E-state index in [-0.39, 0.29) is 22.8 Å². The normalized spacial score (nSPS) is 18.7. The quantitative estimate of drug-likeness (QED) is 0.728. The minimum Gasteiger partial charge on any atom is -0.284 e. The Morgan fingerprint density at radius 3 is 2.65 bits per heavy atom. The number of carbonyl (C=O) groups excluding carboxylic acids is 1. The maximum atomic E-state index is 13.9. The number of aromatic nitrogens is 2. The first kappa shape index (κ1) is 15.1. The number of hydrogen-bond donors (Lipinski definition) is 0. The van der Waals surface area contributed by atoms with Gasteiger partial charge in [-0.2, -0.15) is 0 Å². The zero-order chi connectivity index (χ0) is 16.6. The van der Waals surface area contributed by atoms with Crippen molar-refractivity contribution in [3.05, 3.63) is 22.4 Å². The van der Waals surface area contributed by atoms with Crippen LogP contribution in [0.3, 0.4) is 0 Å². The molecule has 2 aromatic rings. The highest BCUT2D eigenvalue weighted by atomic mass is 79.9. The summed E-state index contributed by atoms with van der Waals surface area (Å²) in [5, 5.41) is 0. The van der Waals surface area contributed by atoms with Crippen molar-refractivity contribution in [3.63, 3.8) is 0 Å². The van der Waals surface area contributed by atoms with Crippen LogP contribution in [-0.4, -0.2) is 15.5 Å². The number of halogens is 2. The highest BCUT2D eigenvalue weighted by Crippen LogP contribution is 2.56. The SMILES string of the molecule is CC(C)(C)CC(=O)N1c2nc3ccc(F)c(Br)c3n2C12CCC2. The van der Waals surface area contributed by atoms with Gasteiger partial charge in [0.2, 0.25) is 11.9 Å². The van der Waals surface area contributed by atoms with Gasteiger partial charge in [-0.1, -0.05) is 20.8 Å². The number of hydrogen-bond acceptors (Lipinski definition) is 2. The van der Waals surface area contributed by atoms with Crippen molar-refractivity contribution >= 4 is 38.8 Å². The molecular weight excluding hydrogens is 361 g/mol. The lowest BCUT2D eigenvalue weighted by Crippen LogP contribution is -2.66. The minimum absolute atomic E-state index is 0.0683. The second-order valence-corrected chi connectivity index (χ2v) is 8.57. The molecule has 4 nitrogen and oxygen atoms in total.